The van der Waals surface area contributed by atoms with Crippen LogP contribution in [0, 0.1) is 5.41 Å². The van der Waals surface area contributed by atoms with E-state index in [1.165, 1.54) is 0 Å². The first kappa shape index (κ1) is 12.6. The third kappa shape index (κ3) is 2.89. The Balaban J connectivity index is 2.13. The van der Waals surface area contributed by atoms with E-state index in [1.807, 2.05) is 18.2 Å². The molecule has 94 valence electrons. The van der Waals surface area contributed by atoms with Crippen molar-refractivity contribution in [3.63, 3.8) is 0 Å². The normalized spacial score (nSPS) is 28.9. The van der Waals surface area contributed by atoms with Crippen LogP contribution in [0.1, 0.15) is 13.8 Å². The molecule has 1 aromatic rings. The lowest BCUT2D eigenvalue weighted by Crippen LogP contribution is -2.39. The van der Waals surface area contributed by atoms with Crippen LogP contribution in [-0.4, -0.2) is 24.9 Å². The molecule has 0 radical (unpaired) electrons. The highest BCUT2D eigenvalue weighted by Crippen LogP contribution is 2.55. The van der Waals surface area contributed by atoms with Crippen molar-refractivity contribution in [3.8, 4) is 5.75 Å². The van der Waals surface area contributed by atoms with E-state index >= 15 is 0 Å². The molecule has 0 N–H and O–H groups in total. The Hall–Kier alpha value is -0.830. The van der Waals surface area contributed by atoms with Crippen LogP contribution in [0.2, 0.25) is 0 Å². The first-order valence-electron chi connectivity index (χ1n) is 5.62. The summed E-state index contributed by atoms with van der Waals surface area (Å²) in [4.78, 5) is 0. The van der Waals surface area contributed by atoms with Crippen LogP contribution in [0.4, 0.5) is 0 Å². The maximum atomic E-state index is 12.5. The van der Waals surface area contributed by atoms with Gasteiger partial charge in [-0.25, -0.2) is 9.24 Å². The zero-order valence-corrected chi connectivity index (χ0v) is 11.3. The van der Waals surface area contributed by atoms with Gasteiger partial charge in [-0.1, -0.05) is 32.0 Å². The molecular weight excluding hydrogens is 237 g/mol. The molecule has 0 bridgehead atoms. The molecule has 0 aliphatic carbocycles. The summed E-state index contributed by atoms with van der Waals surface area (Å²) < 4.78 is 25.1. The lowest BCUT2D eigenvalue weighted by Gasteiger charge is -2.39. The monoisotopic (exact) mass is 255 g/mol. The second-order valence-electron chi connectivity index (χ2n) is 5.13. The van der Waals surface area contributed by atoms with Gasteiger partial charge in [-0.05, 0) is 19.2 Å². The van der Waals surface area contributed by atoms with Crippen LogP contribution in [0.5, 0.6) is 5.75 Å². The molecule has 1 unspecified atom stereocenters. The quantitative estimate of drug-likeness (QED) is 0.761. The molecule has 0 aromatic heterocycles. The summed E-state index contributed by atoms with van der Waals surface area (Å²) in [6, 6.07) is 9.12. The molecule has 1 aromatic carbocycles. The Bertz CT molecular complexity index is 433. The molecular formula is C12H18NO3P. The van der Waals surface area contributed by atoms with E-state index in [0.29, 0.717) is 18.9 Å². The first-order chi connectivity index (χ1) is 7.91. The zero-order valence-electron chi connectivity index (χ0n) is 10.4. The Morgan fingerprint density at radius 1 is 1.35 bits per heavy atom. The van der Waals surface area contributed by atoms with Crippen molar-refractivity contribution in [2.75, 3.05) is 20.2 Å². The van der Waals surface area contributed by atoms with Crippen LogP contribution in [0.3, 0.4) is 0 Å². The summed E-state index contributed by atoms with van der Waals surface area (Å²) in [6.45, 7) is 5.30. The minimum Gasteiger partial charge on any atom is -0.413 e. The SMILES string of the molecule is CN1CC(C)(C)COP1(=O)Oc1ccccc1. The Morgan fingerprint density at radius 3 is 2.59 bits per heavy atom. The predicted molar refractivity (Wildman–Crippen MR) is 67.0 cm³/mol. The summed E-state index contributed by atoms with van der Waals surface area (Å²) in [7, 11) is -1.40. The Morgan fingerprint density at radius 2 is 2.00 bits per heavy atom. The van der Waals surface area contributed by atoms with E-state index in [9.17, 15) is 4.57 Å². The highest BCUT2D eigenvalue weighted by atomic mass is 31.2. The average Bonchev–Trinajstić information content (AvgIpc) is 2.26. The molecule has 17 heavy (non-hydrogen) atoms. The number of para-hydroxylation sites is 1. The van der Waals surface area contributed by atoms with Gasteiger partial charge >= 0.3 is 7.75 Å². The van der Waals surface area contributed by atoms with Gasteiger partial charge in [0.2, 0.25) is 0 Å². The summed E-state index contributed by atoms with van der Waals surface area (Å²) in [5.41, 5.74) is 0.00269. The van der Waals surface area contributed by atoms with E-state index in [4.69, 9.17) is 9.05 Å². The summed E-state index contributed by atoms with van der Waals surface area (Å²) in [5, 5.41) is 0. The predicted octanol–water partition coefficient (Wildman–Crippen LogP) is 3.16. The van der Waals surface area contributed by atoms with Crippen molar-refractivity contribution in [2.24, 2.45) is 5.41 Å². The number of hydrogen-bond acceptors (Lipinski definition) is 3. The molecule has 1 fully saturated rings. The maximum Gasteiger partial charge on any atom is 0.461 e. The summed E-state index contributed by atoms with van der Waals surface area (Å²) in [5.74, 6) is 0.572. The molecule has 1 saturated heterocycles. The lowest BCUT2D eigenvalue weighted by molar-refractivity contribution is 0.0805. The topological polar surface area (TPSA) is 38.8 Å². The molecule has 0 amide bonds. The zero-order chi connectivity index (χ0) is 12.5. The fraction of sp³-hybridized carbons (Fsp3) is 0.500. The number of benzene rings is 1. The smallest absolute Gasteiger partial charge is 0.413 e. The van der Waals surface area contributed by atoms with Gasteiger partial charge in [0.25, 0.3) is 0 Å². The van der Waals surface area contributed by atoms with Gasteiger partial charge in [0, 0.05) is 12.0 Å². The van der Waals surface area contributed by atoms with Crippen molar-refractivity contribution in [1.29, 1.82) is 0 Å². The molecule has 0 saturated carbocycles. The highest BCUT2D eigenvalue weighted by molar-refractivity contribution is 7.51. The average molecular weight is 255 g/mol. The molecule has 4 nitrogen and oxygen atoms in total. The van der Waals surface area contributed by atoms with Crippen molar-refractivity contribution in [3.05, 3.63) is 30.3 Å². The van der Waals surface area contributed by atoms with Gasteiger partial charge < -0.3 is 4.52 Å². The molecule has 0 spiro atoms. The molecule has 1 atom stereocenters. The van der Waals surface area contributed by atoms with Gasteiger partial charge in [-0.15, -0.1) is 0 Å². The Labute approximate surface area is 102 Å². The fourth-order valence-corrected chi connectivity index (χ4v) is 3.66. The Kier molecular flexibility index (Phi) is 3.30. The summed E-state index contributed by atoms with van der Waals surface area (Å²) >= 11 is 0. The van der Waals surface area contributed by atoms with Gasteiger partial charge in [0.05, 0.1) is 6.61 Å². The minimum absolute atomic E-state index is 0.00269. The van der Waals surface area contributed by atoms with Gasteiger partial charge in [-0.2, -0.15) is 0 Å². The van der Waals surface area contributed by atoms with Gasteiger partial charge in [0.1, 0.15) is 5.75 Å². The molecule has 2 rings (SSSR count). The second-order valence-corrected chi connectivity index (χ2v) is 7.19. The second kappa shape index (κ2) is 4.45. The number of hydrogen-bond donors (Lipinski definition) is 0. The van der Waals surface area contributed by atoms with Crippen molar-refractivity contribution >= 4 is 7.75 Å². The van der Waals surface area contributed by atoms with Crippen LogP contribution in [0.25, 0.3) is 0 Å². The van der Waals surface area contributed by atoms with Crippen LogP contribution in [0.15, 0.2) is 30.3 Å². The van der Waals surface area contributed by atoms with E-state index in [0.717, 1.165) is 0 Å². The molecule has 5 heteroatoms. The molecule has 1 heterocycles. The van der Waals surface area contributed by atoms with Gasteiger partial charge in [-0.3, -0.25) is 4.52 Å². The molecule has 1 aliphatic heterocycles. The minimum atomic E-state index is -3.17. The van der Waals surface area contributed by atoms with Crippen molar-refractivity contribution < 1.29 is 13.6 Å². The van der Waals surface area contributed by atoms with E-state index in [-0.39, 0.29) is 5.41 Å². The van der Waals surface area contributed by atoms with Crippen molar-refractivity contribution in [1.82, 2.24) is 4.67 Å². The fourth-order valence-electron chi connectivity index (χ4n) is 1.82. The third-order valence-corrected chi connectivity index (χ3v) is 4.53. The van der Waals surface area contributed by atoms with Crippen LogP contribution >= 0.6 is 7.75 Å². The number of nitrogens with zero attached hydrogens (tertiary/aromatic N) is 1. The van der Waals surface area contributed by atoms with Gasteiger partial charge in [0.15, 0.2) is 0 Å². The number of rotatable bonds is 2. The highest BCUT2D eigenvalue weighted by Gasteiger charge is 2.42. The van der Waals surface area contributed by atoms with E-state index in [2.05, 4.69) is 13.8 Å². The maximum absolute atomic E-state index is 12.5. The molecule has 1 aliphatic rings. The van der Waals surface area contributed by atoms with Crippen molar-refractivity contribution in [2.45, 2.75) is 13.8 Å². The van der Waals surface area contributed by atoms with E-state index in [1.54, 1.807) is 23.9 Å². The summed E-state index contributed by atoms with van der Waals surface area (Å²) in [6.07, 6.45) is 0. The van der Waals surface area contributed by atoms with Crippen LogP contribution < -0.4 is 4.52 Å². The largest absolute Gasteiger partial charge is 0.461 e. The third-order valence-electron chi connectivity index (χ3n) is 2.66. The van der Waals surface area contributed by atoms with E-state index < -0.39 is 7.75 Å². The van der Waals surface area contributed by atoms with Crippen LogP contribution in [-0.2, 0) is 9.09 Å². The lowest BCUT2D eigenvalue weighted by atomic mass is 9.95. The first-order valence-corrected chi connectivity index (χ1v) is 7.12. The standard InChI is InChI=1S/C12H18NO3P/c1-12(2)9-13(3)17(14,15-10-12)16-11-7-5-4-6-8-11/h4-8H,9-10H2,1-3H3.